The average Bonchev–Trinajstić information content (AvgIpc) is 2.64. The highest BCUT2D eigenvalue weighted by molar-refractivity contribution is 7.17. The first-order valence-electron chi connectivity index (χ1n) is 5.09. The van der Waals surface area contributed by atoms with Crippen molar-refractivity contribution in [3.63, 3.8) is 0 Å². The van der Waals surface area contributed by atoms with Crippen LogP contribution in [0.1, 0.15) is 29.9 Å². The minimum Gasteiger partial charge on any atom is -0.349 e. The standard InChI is InChI=1S/C10H13ClN2O3S/c1-6(11)5-7(2)12-10(14)8-3-4-9(17-8)13(15)16/h3-4,6-7H,5H2,1-2H3,(H,12,14). The first kappa shape index (κ1) is 13.9. The molecule has 2 atom stereocenters. The molecule has 1 N–H and O–H groups in total. The van der Waals surface area contributed by atoms with E-state index in [0.29, 0.717) is 11.3 Å². The zero-order chi connectivity index (χ0) is 13.0. The highest BCUT2D eigenvalue weighted by atomic mass is 35.5. The van der Waals surface area contributed by atoms with Crippen LogP contribution in [0.2, 0.25) is 0 Å². The van der Waals surface area contributed by atoms with E-state index in [1.165, 1.54) is 12.1 Å². The first-order valence-corrected chi connectivity index (χ1v) is 6.34. The maximum Gasteiger partial charge on any atom is 0.324 e. The number of rotatable bonds is 5. The molecule has 1 aromatic heterocycles. The van der Waals surface area contributed by atoms with Gasteiger partial charge in [-0.3, -0.25) is 14.9 Å². The summed E-state index contributed by atoms with van der Waals surface area (Å²) in [6.07, 6.45) is 0.654. The van der Waals surface area contributed by atoms with Gasteiger partial charge >= 0.3 is 5.00 Å². The first-order chi connectivity index (χ1) is 7.90. The Morgan fingerprint density at radius 3 is 2.71 bits per heavy atom. The van der Waals surface area contributed by atoms with Crippen molar-refractivity contribution in [3.05, 3.63) is 27.1 Å². The zero-order valence-corrected chi connectivity index (χ0v) is 11.0. The average molecular weight is 277 g/mol. The van der Waals surface area contributed by atoms with E-state index in [0.717, 1.165) is 11.3 Å². The summed E-state index contributed by atoms with van der Waals surface area (Å²) in [4.78, 5) is 22.0. The van der Waals surface area contributed by atoms with Gasteiger partial charge in [-0.05, 0) is 26.3 Å². The molecule has 5 nitrogen and oxygen atoms in total. The summed E-state index contributed by atoms with van der Waals surface area (Å²) in [6, 6.07) is 2.72. The van der Waals surface area contributed by atoms with Gasteiger partial charge in [-0.15, -0.1) is 11.6 Å². The Morgan fingerprint density at radius 1 is 1.59 bits per heavy atom. The number of nitro groups is 1. The summed E-state index contributed by atoms with van der Waals surface area (Å²) in [5.74, 6) is -0.298. The number of carbonyl (C=O) groups excluding carboxylic acids is 1. The van der Waals surface area contributed by atoms with Gasteiger partial charge in [-0.25, -0.2) is 0 Å². The molecule has 94 valence electrons. The number of thiophene rings is 1. The minimum atomic E-state index is -0.508. The highest BCUT2D eigenvalue weighted by Gasteiger charge is 2.17. The Hall–Kier alpha value is -1.14. The molecule has 0 saturated heterocycles. The van der Waals surface area contributed by atoms with Crippen LogP contribution in [0.25, 0.3) is 0 Å². The summed E-state index contributed by atoms with van der Waals surface area (Å²) in [7, 11) is 0. The largest absolute Gasteiger partial charge is 0.349 e. The second-order valence-corrected chi connectivity index (χ2v) is 5.59. The quantitative estimate of drug-likeness (QED) is 0.511. The number of carbonyl (C=O) groups is 1. The Bertz CT molecular complexity index is 419. The van der Waals surface area contributed by atoms with Crippen LogP contribution in [0.4, 0.5) is 5.00 Å². The van der Waals surface area contributed by atoms with Gasteiger partial charge in [0.15, 0.2) is 0 Å². The van der Waals surface area contributed by atoms with Gasteiger partial charge in [0.05, 0.1) is 9.80 Å². The minimum absolute atomic E-state index is 0.0250. The molecule has 0 fully saturated rings. The van der Waals surface area contributed by atoms with E-state index in [-0.39, 0.29) is 22.3 Å². The monoisotopic (exact) mass is 276 g/mol. The van der Waals surface area contributed by atoms with Crippen LogP contribution in [0.15, 0.2) is 12.1 Å². The number of alkyl halides is 1. The van der Waals surface area contributed by atoms with Gasteiger partial charge < -0.3 is 5.32 Å². The molecule has 1 aromatic rings. The Morgan fingerprint density at radius 2 is 2.24 bits per heavy atom. The molecule has 2 unspecified atom stereocenters. The lowest BCUT2D eigenvalue weighted by molar-refractivity contribution is -0.380. The molecule has 0 bridgehead atoms. The van der Waals surface area contributed by atoms with Crippen molar-refractivity contribution >= 4 is 33.8 Å². The van der Waals surface area contributed by atoms with Crippen molar-refractivity contribution in [1.29, 1.82) is 0 Å². The maximum atomic E-state index is 11.7. The fourth-order valence-corrected chi connectivity index (χ4v) is 2.38. The van der Waals surface area contributed by atoms with E-state index >= 15 is 0 Å². The fourth-order valence-electron chi connectivity index (χ4n) is 1.39. The van der Waals surface area contributed by atoms with Crippen molar-refractivity contribution in [2.45, 2.75) is 31.7 Å². The Labute approximate surface area is 108 Å². The van der Waals surface area contributed by atoms with Gasteiger partial charge in [-0.2, -0.15) is 0 Å². The van der Waals surface area contributed by atoms with Crippen molar-refractivity contribution < 1.29 is 9.72 Å². The number of nitrogens with one attached hydrogen (secondary N) is 1. The molecule has 7 heteroatoms. The van der Waals surface area contributed by atoms with Crippen LogP contribution in [0.5, 0.6) is 0 Å². The van der Waals surface area contributed by atoms with E-state index in [4.69, 9.17) is 11.6 Å². The second kappa shape index (κ2) is 5.97. The summed E-state index contributed by atoms with van der Waals surface area (Å²) < 4.78 is 0. The van der Waals surface area contributed by atoms with Gasteiger partial charge in [-0.1, -0.05) is 11.3 Å². The van der Waals surface area contributed by atoms with E-state index in [1.807, 2.05) is 13.8 Å². The molecule has 0 saturated carbocycles. The number of halogens is 1. The maximum absolute atomic E-state index is 11.7. The van der Waals surface area contributed by atoms with E-state index < -0.39 is 4.92 Å². The fraction of sp³-hybridized carbons (Fsp3) is 0.500. The van der Waals surface area contributed by atoms with E-state index in [1.54, 1.807) is 0 Å². The summed E-state index contributed by atoms with van der Waals surface area (Å²) >= 11 is 6.68. The lowest BCUT2D eigenvalue weighted by Gasteiger charge is -2.13. The third-order valence-electron chi connectivity index (χ3n) is 2.05. The molecular weight excluding hydrogens is 264 g/mol. The second-order valence-electron chi connectivity index (χ2n) is 3.79. The highest BCUT2D eigenvalue weighted by Crippen LogP contribution is 2.23. The molecule has 1 amide bonds. The third-order valence-corrected chi connectivity index (χ3v) is 3.27. The third kappa shape index (κ3) is 4.32. The van der Waals surface area contributed by atoms with Crippen molar-refractivity contribution in [3.8, 4) is 0 Å². The summed E-state index contributed by atoms with van der Waals surface area (Å²) in [5, 5.41) is 13.2. The van der Waals surface area contributed by atoms with Crippen LogP contribution >= 0.6 is 22.9 Å². The smallest absolute Gasteiger partial charge is 0.324 e. The van der Waals surface area contributed by atoms with Gasteiger partial charge in [0, 0.05) is 17.5 Å². The van der Waals surface area contributed by atoms with Gasteiger partial charge in [0.25, 0.3) is 5.91 Å². The topological polar surface area (TPSA) is 72.2 Å². The van der Waals surface area contributed by atoms with Crippen molar-refractivity contribution in [2.24, 2.45) is 0 Å². The van der Waals surface area contributed by atoms with E-state index in [2.05, 4.69) is 5.32 Å². The van der Waals surface area contributed by atoms with Crippen LogP contribution < -0.4 is 5.32 Å². The van der Waals surface area contributed by atoms with Crippen LogP contribution in [0.3, 0.4) is 0 Å². The molecule has 0 aromatic carbocycles. The van der Waals surface area contributed by atoms with Crippen LogP contribution in [-0.4, -0.2) is 22.2 Å². The lowest BCUT2D eigenvalue weighted by Crippen LogP contribution is -2.33. The lowest BCUT2D eigenvalue weighted by atomic mass is 10.2. The van der Waals surface area contributed by atoms with Gasteiger partial charge in [0.2, 0.25) is 0 Å². The molecule has 0 aliphatic rings. The van der Waals surface area contributed by atoms with Crippen LogP contribution in [0, 0.1) is 10.1 Å². The van der Waals surface area contributed by atoms with Gasteiger partial charge in [0.1, 0.15) is 0 Å². The molecule has 1 rings (SSSR count). The van der Waals surface area contributed by atoms with Crippen molar-refractivity contribution in [1.82, 2.24) is 5.32 Å². The molecule has 0 radical (unpaired) electrons. The number of amides is 1. The molecule has 0 spiro atoms. The molecule has 1 heterocycles. The summed E-state index contributed by atoms with van der Waals surface area (Å²) in [6.45, 7) is 3.69. The predicted molar refractivity (Wildman–Crippen MR) is 67.8 cm³/mol. The molecule has 17 heavy (non-hydrogen) atoms. The Balaban J connectivity index is 2.60. The van der Waals surface area contributed by atoms with Crippen LogP contribution in [-0.2, 0) is 0 Å². The number of hydrogen-bond acceptors (Lipinski definition) is 4. The Kier molecular flexibility index (Phi) is 4.89. The summed E-state index contributed by atoms with van der Waals surface area (Å²) in [5.41, 5.74) is 0. The SMILES string of the molecule is CC(Cl)CC(C)NC(=O)c1ccc([N+](=O)[O-])s1. The number of nitrogens with zero attached hydrogens (tertiary/aromatic N) is 1. The van der Waals surface area contributed by atoms with E-state index in [9.17, 15) is 14.9 Å². The zero-order valence-electron chi connectivity index (χ0n) is 9.47. The number of hydrogen-bond donors (Lipinski definition) is 1. The molecule has 0 aliphatic carbocycles. The molecular formula is C10H13ClN2O3S. The normalized spacial score (nSPS) is 14.1. The predicted octanol–water partition coefficient (Wildman–Crippen LogP) is 2.79. The van der Waals surface area contributed by atoms with Crippen molar-refractivity contribution in [2.75, 3.05) is 0 Å². The molecule has 0 aliphatic heterocycles.